The molecule has 1 aromatic heterocycles. The van der Waals surface area contributed by atoms with Crippen molar-refractivity contribution < 1.29 is 5.11 Å². The van der Waals surface area contributed by atoms with Gasteiger partial charge in [-0.1, -0.05) is 12.1 Å². The number of unbranched alkanes of at least 4 members (excludes halogenated alkanes) is 1. The van der Waals surface area contributed by atoms with Gasteiger partial charge in [-0.05, 0) is 25.0 Å². The van der Waals surface area contributed by atoms with E-state index in [4.69, 9.17) is 5.11 Å². The Morgan fingerprint density at radius 1 is 1.19 bits per heavy atom. The van der Waals surface area contributed by atoms with Crippen LogP contribution in [0, 0.1) is 0 Å². The first kappa shape index (κ1) is 11.0. The molecular weight excluding hydrogens is 204 g/mol. The molecule has 0 bridgehead atoms. The Kier molecular flexibility index (Phi) is 3.10. The van der Waals surface area contributed by atoms with Crippen LogP contribution in [0.5, 0.6) is 0 Å². The molecule has 1 aromatic carbocycles. The molecule has 2 aromatic rings. The van der Waals surface area contributed by atoms with Crippen molar-refractivity contribution in [3.05, 3.63) is 34.7 Å². The second kappa shape index (κ2) is 4.53. The average molecular weight is 220 g/mol. The molecule has 0 spiro atoms. The van der Waals surface area contributed by atoms with Gasteiger partial charge in [0.15, 0.2) is 0 Å². The van der Waals surface area contributed by atoms with Gasteiger partial charge in [-0.15, -0.1) is 0 Å². The maximum absolute atomic E-state index is 11.9. The van der Waals surface area contributed by atoms with E-state index in [1.807, 2.05) is 24.3 Å². The van der Waals surface area contributed by atoms with Gasteiger partial charge in [-0.2, -0.15) is 0 Å². The zero-order valence-corrected chi connectivity index (χ0v) is 9.39. The number of benzene rings is 1. The normalized spacial score (nSPS) is 11.1. The fourth-order valence-electron chi connectivity index (χ4n) is 1.96. The van der Waals surface area contributed by atoms with Crippen LogP contribution in [0.25, 0.3) is 11.0 Å². The van der Waals surface area contributed by atoms with Gasteiger partial charge in [0, 0.05) is 20.2 Å². The lowest BCUT2D eigenvalue weighted by Gasteiger charge is -2.01. The highest BCUT2D eigenvalue weighted by molar-refractivity contribution is 5.75. The van der Waals surface area contributed by atoms with Crippen LogP contribution in [0.15, 0.2) is 29.1 Å². The number of aliphatic hydroxyl groups is 1. The number of fused-ring (bicyclic) bond motifs is 1. The van der Waals surface area contributed by atoms with Gasteiger partial charge < -0.3 is 5.11 Å². The predicted molar refractivity (Wildman–Crippen MR) is 63.5 cm³/mol. The molecular formula is C12H16N2O2. The SMILES string of the molecule is Cn1c(=O)n(CCCCO)c2ccccc21. The molecule has 0 saturated heterocycles. The molecule has 1 N–H and O–H groups in total. The van der Waals surface area contributed by atoms with Crippen LogP contribution in [0.3, 0.4) is 0 Å². The Morgan fingerprint density at radius 3 is 2.56 bits per heavy atom. The van der Waals surface area contributed by atoms with Crippen molar-refractivity contribution in [2.75, 3.05) is 6.61 Å². The van der Waals surface area contributed by atoms with Crippen molar-refractivity contribution >= 4 is 11.0 Å². The molecule has 0 unspecified atom stereocenters. The molecule has 4 heteroatoms. The first-order chi connectivity index (χ1) is 7.75. The van der Waals surface area contributed by atoms with Crippen LogP contribution in [0.1, 0.15) is 12.8 Å². The number of aromatic nitrogens is 2. The number of aryl methyl sites for hydroxylation is 2. The number of hydrogen-bond acceptors (Lipinski definition) is 2. The molecule has 4 nitrogen and oxygen atoms in total. The summed E-state index contributed by atoms with van der Waals surface area (Å²) in [5, 5.41) is 8.74. The first-order valence-electron chi connectivity index (χ1n) is 5.51. The molecule has 0 aliphatic rings. The highest BCUT2D eigenvalue weighted by Crippen LogP contribution is 2.11. The van der Waals surface area contributed by atoms with Gasteiger partial charge in [0.05, 0.1) is 11.0 Å². The Morgan fingerprint density at radius 2 is 1.88 bits per heavy atom. The van der Waals surface area contributed by atoms with E-state index in [9.17, 15) is 4.79 Å². The number of nitrogens with zero attached hydrogens (tertiary/aromatic N) is 2. The Hall–Kier alpha value is -1.55. The first-order valence-corrected chi connectivity index (χ1v) is 5.51. The van der Waals surface area contributed by atoms with Crippen LogP contribution >= 0.6 is 0 Å². The minimum atomic E-state index is 0.0131. The molecule has 0 amide bonds. The topological polar surface area (TPSA) is 47.2 Å². The lowest BCUT2D eigenvalue weighted by atomic mass is 10.3. The Bertz CT molecular complexity index is 539. The zero-order chi connectivity index (χ0) is 11.5. The highest BCUT2D eigenvalue weighted by atomic mass is 16.2. The highest BCUT2D eigenvalue weighted by Gasteiger charge is 2.08. The lowest BCUT2D eigenvalue weighted by molar-refractivity contribution is 0.281. The van der Waals surface area contributed by atoms with Crippen molar-refractivity contribution in [1.82, 2.24) is 9.13 Å². The van der Waals surface area contributed by atoms with Crippen LogP contribution in [0.4, 0.5) is 0 Å². The smallest absolute Gasteiger partial charge is 0.328 e. The van der Waals surface area contributed by atoms with E-state index in [0.717, 1.165) is 23.9 Å². The zero-order valence-electron chi connectivity index (χ0n) is 9.39. The maximum Gasteiger partial charge on any atom is 0.328 e. The van der Waals surface area contributed by atoms with E-state index in [1.165, 1.54) is 0 Å². The summed E-state index contributed by atoms with van der Waals surface area (Å²) < 4.78 is 3.43. The number of hydrogen-bond donors (Lipinski definition) is 1. The van der Waals surface area contributed by atoms with Crippen LogP contribution < -0.4 is 5.69 Å². The van der Waals surface area contributed by atoms with Crippen LogP contribution in [0.2, 0.25) is 0 Å². The van der Waals surface area contributed by atoms with E-state index in [1.54, 1.807) is 16.2 Å². The third kappa shape index (κ3) is 1.76. The minimum absolute atomic E-state index is 0.0131. The summed E-state index contributed by atoms with van der Waals surface area (Å²) in [6, 6.07) is 7.76. The summed E-state index contributed by atoms with van der Waals surface area (Å²) in [6.07, 6.45) is 1.56. The average Bonchev–Trinajstić information content (AvgIpc) is 2.55. The van der Waals surface area contributed by atoms with Gasteiger partial charge in [0.1, 0.15) is 0 Å². The van der Waals surface area contributed by atoms with E-state index in [0.29, 0.717) is 6.54 Å². The van der Waals surface area contributed by atoms with Gasteiger partial charge in [-0.25, -0.2) is 4.79 Å². The summed E-state index contributed by atoms with van der Waals surface area (Å²) in [5.74, 6) is 0. The van der Waals surface area contributed by atoms with Crippen molar-refractivity contribution in [1.29, 1.82) is 0 Å². The monoisotopic (exact) mass is 220 g/mol. The molecule has 0 saturated carbocycles. The van der Waals surface area contributed by atoms with Gasteiger partial charge >= 0.3 is 5.69 Å². The quantitative estimate of drug-likeness (QED) is 0.785. The standard InChI is InChI=1S/C12H16N2O2/c1-13-10-6-2-3-7-11(10)14(12(13)16)8-4-5-9-15/h2-3,6-7,15H,4-5,8-9H2,1H3. The van der Waals surface area contributed by atoms with Gasteiger partial charge in [0.25, 0.3) is 0 Å². The molecule has 0 aliphatic carbocycles. The lowest BCUT2D eigenvalue weighted by Crippen LogP contribution is -2.22. The summed E-state index contributed by atoms with van der Waals surface area (Å²) in [7, 11) is 1.78. The van der Waals surface area contributed by atoms with Crippen molar-refractivity contribution in [3.63, 3.8) is 0 Å². The summed E-state index contributed by atoms with van der Waals surface area (Å²) in [6.45, 7) is 0.847. The predicted octanol–water partition coefficient (Wildman–Crippen LogP) is 1.11. The second-order valence-corrected chi connectivity index (χ2v) is 3.91. The van der Waals surface area contributed by atoms with Gasteiger partial charge in [-0.3, -0.25) is 9.13 Å². The van der Waals surface area contributed by atoms with Crippen molar-refractivity contribution in [2.45, 2.75) is 19.4 Å². The minimum Gasteiger partial charge on any atom is -0.396 e. The number of imidazole rings is 1. The fraction of sp³-hybridized carbons (Fsp3) is 0.417. The third-order valence-electron chi connectivity index (χ3n) is 2.84. The van der Waals surface area contributed by atoms with E-state index in [2.05, 4.69) is 0 Å². The van der Waals surface area contributed by atoms with Crippen LogP contribution in [-0.2, 0) is 13.6 Å². The molecule has 0 aliphatic heterocycles. The van der Waals surface area contributed by atoms with E-state index >= 15 is 0 Å². The molecule has 0 atom stereocenters. The van der Waals surface area contributed by atoms with Crippen LogP contribution in [-0.4, -0.2) is 20.8 Å². The molecule has 86 valence electrons. The van der Waals surface area contributed by atoms with Crippen molar-refractivity contribution in [3.8, 4) is 0 Å². The summed E-state index contributed by atoms with van der Waals surface area (Å²) in [5.41, 5.74) is 1.93. The Labute approximate surface area is 93.7 Å². The maximum atomic E-state index is 11.9. The number of para-hydroxylation sites is 2. The molecule has 0 radical (unpaired) electrons. The molecule has 0 fully saturated rings. The number of aliphatic hydroxyl groups excluding tert-OH is 1. The summed E-state index contributed by atoms with van der Waals surface area (Å²) >= 11 is 0. The largest absolute Gasteiger partial charge is 0.396 e. The molecule has 1 heterocycles. The van der Waals surface area contributed by atoms with Gasteiger partial charge in [0.2, 0.25) is 0 Å². The number of rotatable bonds is 4. The van der Waals surface area contributed by atoms with E-state index in [-0.39, 0.29) is 12.3 Å². The molecule has 16 heavy (non-hydrogen) atoms. The Balaban J connectivity index is 2.43. The fourth-order valence-corrected chi connectivity index (χ4v) is 1.96. The summed E-state index contributed by atoms with van der Waals surface area (Å²) in [4.78, 5) is 11.9. The van der Waals surface area contributed by atoms with E-state index < -0.39 is 0 Å². The third-order valence-corrected chi connectivity index (χ3v) is 2.84. The van der Waals surface area contributed by atoms with Crippen molar-refractivity contribution in [2.24, 2.45) is 7.05 Å². The molecule has 2 rings (SSSR count). The second-order valence-electron chi connectivity index (χ2n) is 3.91.